The number of methoxy groups -OCH3 is 1. The summed E-state index contributed by atoms with van der Waals surface area (Å²) in [5.74, 6) is 0.593. The summed E-state index contributed by atoms with van der Waals surface area (Å²) in [7, 11) is 1.34. The van der Waals surface area contributed by atoms with Crippen molar-refractivity contribution in [3.63, 3.8) is 0 Å². The number of furan rings is 1. The summed E-state index contributed by atoms with van der Waals surface area (Å²) < 4.78 is 12.2. The van der Waals surface area contributed by atoms with Gasteiger partial charge in [-0.3, -0.25) is 0 Å². The van der Waals surface area contributed by atoms with Gasteiger partial charge in [-0.05, 0) is 40.2 Å². The van der Waals surface area contributed by atoms with E-state index < -0.39 is 5.97 Å². The van der Waals surface area contributed by atoms with Gasteiger partial charge in [0.2, 0.25) is 5.82 Å². The smallest absolute Gasteiger partial charge is 0.338 e. The molecule has 3 aromatic heterocycles. The van der Waals surface area contributed by atoms with E-state index in [1.54, 1.807) is 35.0 Å². The Balaban J connectivity index is 2.08. The monoisotopic (exact) mass is 321 g/mol. The number of esters is 1. The Morgan fingerprint density at radius 2 is 2.26 bits per heavy atom. The number of hydrogen-bond acceptors (Lipinski definition) is 5. The molecule has 0 unspecified atom stereocenters. The summed E-state index contributed by atoms with van der Waals surface area (Å²) in [6.07, 6.45) is 1.65. The standard InChI is InChI=1S/C12H8BrN3O3/c1-18-12(17)7-4-5-16-10(6-7)14-11(15-16)8-2-3-9(13)19-8/h2-6H,1H3. The molecule has 0 aliphatic heterocycles. The first-order valence-corrected chi connectivity index (χ1v) is 6.17. The highest BCUT2D eigenvalue weighted by Gasteiger charge is 2.12. The summed E-state index contributed by atoms with van der Waals surface area (Å²) >= 11 is 3.22. The van der Waals surface area contributed by atoms with Gasteiger partial charge in [-0.25, -0.2) is 14.3 Å². The van der Waals surface area contributed by atoms with Gasteiger partial charge in [0, 0.05) is 6.20 Å². The average Bonchev–Trinajstić information content (AvgIpc) is 3.02. The van der Waals surface area contributed by atoms with Gasteiger partial charge in [-0.1, -0.05) is 0 Å². The minimum Gasteiger partial charge on any atom is -0.465 e. The topological polar surface area (TPSA) is 69.6 Å². The van der Waals surface area contributed by atoms with Gasteiger partial charge in [-0.2, -0.15) is 0 Å². The molecule has 0 spiro atoms. The molecule has 7 heteroatoms. The zero-order chi connectivity index (χ0) is 13.4. The molecule has 0 N–H and O–H groups in total. The minimum absolute atomic E-state index is 0.409. The minimum atomic E-state index is -0.409. The largest absolute Gasteiger partial charge is 0.465 e. The van der Waals surface area contributed by atoms with Crippen molar-refractivity contribution in [2.45, 2.75) is 0 Å². The van der Waals surface area contributed by atoms with E-state index in [2.05, 4.69) is 30.7 Å². The lowest BCUT2D eigenvalue weighted by Crippen LogP contribution is -2.02. The molecule has 0 fully saturated rings. The van der Waals surface area contributed by atoms with Crippen molar-refractivity contribution in [2.24, 2.45) is 0 Å². The fourth-order valence-electron chi connectivity index (χ4n) is 1.67. The first-order valence-electron chi connectivity index (χ1n) is 5.38. The van der Waals surface area contributed by atoms with Gasteiger partial charge in [0.1, 0.15) is 0 Å². The number of pyridine rings is 1. The number of halogens is 1. The molecule has 0 amide bonds. The Bertz CT molecular complexity index is 763. The SMILES string of the molecule is COC(=O)c1ccn2nc(-c3ccc(Br)o3)nc2c1. The maximum absolute atomic E-state index is 11.4. The van der Waals surface area contributed by atoms with Crippen LogP contribution >= 0.6 is 15.9 Å². The average molecular weight is 322 g/mol. The Morgan fingerprint density at radius 3 is 2.95 bits per heavy atom. The predicted molar refractivity (Wildman–Crippen MR) is 69.7 cm³/mol. The number of ether oxygens (including phenoxy) is 1. The number of aromatic nitrogens is 3. The first kappa shape index (κ1) is 11.9. The number of nitrogens with zero attached hydrogens (tertiary/aromatic N) is 3. The van der Waals surface area contributed by atoms with Gasteiger partial charge < -0.3 is 9.15 Å². The molecule has 19 heavy (non-hydrogen) atoms. The molecule has 0 aliphatic carbocycles. The van der Waals surface area contributed by atoms with E-state index in [4.69, 9.17) is 4.42 Å². The molecule has 0 saturated carbocycles. The van der Waals surface area contributed by atoms with Gasteiger partial charge >= 0.3 is 5.97 Å². The van der Waals surface area contributed by atoms with Gasteiger partial charge in [-0.15, -0.1) is 5.10 Å². The van der Waals surface area contributed by atoms with Crippen LogP contribution in [0.4, 0.5) is 0 Å². The zero-order valence-electron chi connectivity index (χ0n) is 9.83. The van der Waals surface area contributed by atoms with Crippen LogP contribution in [0.5, 0.6) is 0 Å². The first-order chi connectivity index (χ1) is 9.17. The molecule has 0 radical (unpaired) electrons. The van der Waals surface area contributed by atoms with Crippen LogP contribution in [0.3, 0.4) is 0 Å². The predicted octanol–water partition coefficient (Wildman–Crippen LogP) is 2.54. The molecular formula is C12H8BrN3O3. The van der Waals surface area contributed by atoms with Crippen LogP contribution in [0.15, 0.2) is 39.5 Å². The van der Waals surface area contributed by atoms with Crippen LogP contribution in [-0.2, 0) is 4.74 Å². The third-order valence-corrected chi connectivity index (χ3v) is 2.98. The number of carbonyl (C=O) groups excluding carboxylic acids is 1. The number of hydrogen-bond donors (Lipinski definition) is 0. The molecular weight excluding hydrogens is 314 g/mol. The second-order valence-corrected chi connectivity index (χ2v) is 4.53. The zero-order valence-corrected chi connectivity index (χ0v) is 11.4. The van der Waals surface area contributed by atoms with Crippen molar-refractivity contribution >= 4 is 27.5 Å². The molecule has 0 saturated heterocycles. The summed E-state index contributed by atoms with van der Waals surface area (Å²) in [4.78, 5) is 15.7. The van der Waals surface area contributed by atoms with Crippen LogP contribution in [-0.4, -0.2) is 27.7 Å². The molecule has 0 aliphatic rings. The molecule has 6 nitrogen and oxygen atoms in total. The second kappa shape index (κ2) is 4.51. The van der Waals surface area contributed by atoms with E-state index in [-0.39, 0.29) is 0 Å². The summed E-state index contributed by atoms with van der Waals surface area (Å²) in [6.45, 7) is 0. The van der Waals surface area contributed by atoms with Gasteiger partial charge in [0.15, 0.2) is 16.1 Å². The number of rotatable bonds is 2. The van der Waals surface area contributed by atoms with E-state index in [1.807, 2.05) is 0 Å². The van der Waals surface area contributed by atoms with Crippen LogP contribution in [0.2, 0.25) is 0 Å². The lowest BCUT2D eigenvalue weighted by molar-refractivity contribution is 0.0600. The third-order valence-electron chi connectivity index (χ3n) is 2.55. The lowest BCUT2D eigenvalue weighted by Gasteiger charge is -1.97. The van der Waals surface area contributed by atoms with E-state index in [1.165, 1.54) is 7.11 Å². The Kier molecular flexibility index (Phi) is 2.83. The fraction of sp³-hybridized carbons (Fsp3) is 0.0833. The summed E-state index contributed by atoms with van der Waals surface area (Å²) in [5.41, 5.74) is 0.972. The van der Waals surface area contributed by atoms with Crippen molar-refractivity contribution in [1.82, 2.24) is 14.6 Å². The van der Waals surface area contributed by atoms with Crippen molar-refractivity contribution in [1.29, 1.82) is 0 Å². The van der Waals surface area contributed by atoms with Crippen LogP contribution < -0.4 is 0 Å². The van der Waals surface area contributed by atoms with Crippen LogP contribution in [0.1, 0.15) is 10.4 Å². The normalized spacial score (nSPS) is 10.8. The second-order valence-electron chi connectivity index (χ2n) is 3.75. The molecule has 96 valence electrons. The van der Waals surface area contributed by atoms with Crippen molar-refractivity contribution in [3.05, 3.63) is 40.7 Å². The van der Waals surface area contributed by atoms with E-state index >= 15 is 0 Å². The number of fused-ring (bicyclic) bond motifs is 1. The quantitative estimate of drug-likeness (QED) is 0.678. The molecule has 0 aromatic carbocycles. The summed E-state index contributed by atoms with van der Waals surface area (Å²) in [6, 6.07) is 6.76. The van der Waals surface area contributed by atoms with Gasteiger partial charge in [0.05, 0.1) is 12.7 Å². The third kappa shape index (κ3) is 2.12. The van der Waals surface area contributed by atoms with Gasteiger partial charge in [0.25, 0.3) is 0 Å². The Labute approximate surface area is 116 Å². The molecule has 0 bridgehead atoms. The van der Waals surface area contributed by atoms with Crippen molar-refractivity contribution in [3.8, 4) is 11.6 Å². The fourth-order valence-corrected chi connectivity index (χ4v) is 1.97. The van der Waals surface area contributed by atoms with Crippen LogP contribution in [0, 0.1) is 0 Å². The van der Waals surface area contributed by atoms with E-state index in [0.29, 0.717) is 27.5 Å². The maximum atomic E-state index is 11.4. The molecule has 3 heterocycles. The van der Waals surface area contributed by atoms with Crippen LogP contribution in [0.25, 0.3) is 17.2 Å². The van der Waals surface area contributed by atoms with E-state index in [9.17, 15) is 4.79 Å². The Hall–Kier alpha value is -2.15. The Morgan fingerprint density at radius 1 is 1.42 bits per heavy atom. The lowest BCUT2D eigenvalue weighted by atomic mass is 10.3. The summed E-state index contributed by atoms with van der Waals surface area (Å²) in [5, 5.41) is 4.26. The highest BCUT2D eigenvalue weighted by Crippen LogP contribution is 2.22. The molecule has 3 rings (SSSR count). The molecule has 0 atom stereocenters. The van der Waals surface area contributed by atoms with Crippen molar-refractivity contribution in [2.75, 3.05) is 7.11 Å². The highest BCUT2D eigenvalue weighted by molar-refractivity contribution is 9.10. The van der Waals surface area contributed by atoms with Crippen molar-refractivity contribution < 1.29 is 13.9 Å². The molecule has 3 aromatic rings. The van der Waals surface area contributed by atoms with E-state index in [0.717, 1.165) is 0 Å². The highest BCUT2D eigenvalue weighted by atomic mass is 79.9. The number of carbonyl (C=O) groups is 1. The maximum Gasteiger partial charge on any atom is 0.338 e.